The first-order valence-corrected chi connectivity index (χ1v) is 24.7. The molecule has 0 N–H and O–H groups in total. The van der Waals surface area contributed by atoms with Gasteiger partial charge >= 0.3 is 0 Å². The number of rotatable bonds is 27. The van der Waals surface area contributed by atoms with Crippen molar-refractivity contribution in [2.24, 2.45) is 5.92 Å². The average Bonchev–Trinajstić information content (AvgIpc) is 2.78. The molecule has 1 atom stereocenters. The first-order valence-electron chi connectivity index (χ1n) is 16.5. The third kappa shape index (κ3) is 21.9. The summed E-state index contributed by atoms with van der Waals surface area (Å²) < 4.78 is 0. The molecule has 0 radical (unpaired) electrons. The van der Waals surface area contributed by atoms with Crippen molar-refractivity contribution in [3.8, 4) is 0 Å². The van der Waals surface area contributed by atoms with E-state index in [4.69, 9.17) is 22.2 Å². The standard InChI is InChI=1S/C32H68Cl2Si2/c1-7-9-11-13-15-17-18-19-20-21-22-24-26-28-30-31(32(35(3,4)33)36(5,6)34)29-27-25-23-16-14-12-10-8-2/h31-32H,7-30H2,1-6H3. The Morgan fingerprint density at radius 2 is 0.611 bits per heavy atom. The maximum atomic E-state index is 7.14. The van der Waals surface area contributed by atoms with E-state index in [1.54, 1.807) is 0 Å². The summed E-state index contributed by atoms with van der Waals surface area (Å²) in [6.45, 7) is 14.1. The van der Waals surface area contributed by atoms with Crippen LogP contribution in [-0.4, -0.2) is 14.8 Å². The first-order chi connectivity index (χ1) is 17.1. The molecule has 0 saturated heterocycles. The van der Waals surface area contributed by atoms with Crippen molar-refractivity contribution < 1.29 is 0 Å². The first kappa shape index (κ1) is 37.0. The third-order valence-corrected chi connectivity index (χ3v) is 19.0. The molecule has 0 rings (SSSR count). The van der Waals surface area contributed by atoms with Crippen LogP contribution in [-0.2, 0) is 0 Å². The van der Waals surface area contributed by atoms with Gasteiger partial charge in [-0.3, -0.25) is 0 Å². The van der Waals surface area contributed by atoms with Crippen LogP contribution in [0.1, 0.15) is 168 Å². The second-order valence-electron chi connectivity index (χ2n) is 13.0. The average molecular weight is 580 g/mol. The van der Waals surface area contributed by atoms with Crippen molar-refractivity contribution in [3.05, 3.63) is 0 Å². The summed E-state index contributed by atoms with van der Waals surface area (Å²) in [7, 11) is -3.56. The van der Waals surface area contributed by atoms with Crippen molar-refractivity contribution in [1.82, 2.24) is 0 Å². The molecule has 0 aromatic rings. The Kier molecular flexibility index (Phi) is 24.5. The second kappa shape index (κ2) is 23.9. The summed E-state index contributed by atoms with van der Waals surface area (Å²) in [5.74, 6) is 0.765. The minimum atomic E-state index is -1.78. The SMILES string of the molecule is CCCCCCCCCCCCCCCCC(CCCCCCCCCC)C([Si](C)(C)Cl)[Si](C)(C)Cl. The summed E-state index contributed by atoms with van der Waals surface area (Å²) in [6.07, 6.45) is 34.1. The second-order valence-corrected chi connectivity index (χ2v) is 26.9. The van der Waals surface area contributed by atoms with E-state index < -0.39 is 14.8 Å². The maximum absolute atomic E-state index is 7.14. The molecule has 0 aliphatic heterocycles. The largest absolute Gasteiger partial charge is 0.168 e. The molecule has 0 aliphatic carbocycles. The molecule has 0 aliphatic rings. The van der Waals surface area contributed by atoms with Crippen molar-refractivity contribution in [2.75, 3.05) is 0 Å². The van der Waals surface area contributed by atoms with Crippen LogP contribution in [0.3, 0.4) is 0 Å². The van der Waals surface area contributed by atoms with Crippen LogP contribution in [0.2, 0.25) is 31.4 Å². The van der Waals surface area contributed by atoms with E-state index in [9.17, 15) is 0 Å². The Bertz CT molecular complexity index is 442. The molecule has 1 unspecified atom stereocenters. The van der Waals surface area contributed by atoms with Crippen LogP contribution in [0.5, 0.6) is 0 Å². The molecule has 0 fully saturated rings. The van der Waals surface area contributed by atoms with Gasteiger partial charge < -0.3 is 0 Å². The number of halogens is 2. The summed E-state index contributed by atoms with van der Waals surface area (Å²) in [4.78, 5) is 0. The van der Waals surface area contributed by atoms with E-state index in [0.29, 0.717) is 5.16 Å². The van der Waals surface area contributed by atoms with Gasteiger partial charge in [0.05, 0.1) is 0 Å². The quantitative estimate of drug-likeness (QED) is 0.0516. The molecular formula is C32H68Cl2Si2. The lowest BCUT2D eigenvalue weighted by molar-refractivity contribution is 0.410. The van der Waals surface area contributed by atoms with E-state index in [0.717, 1.165) is 5.92 Å². The maximum Gasteiger partial charge on any atom is 0.152 e. The Hall–Kier alpha value is 1.01. The molecule has 218 valence electrons. The third-order valence-electron chi connectivity index (χ3n) is 8.31. The Balaban J connectivity index is 4.21. The molecule has 0 amide bonds. The Morgan fingerprint density at radius 3 is 0.833 bits per heavy atom. The van der Waals surface area contributed by atoms with Gasteiger partial charge in [-0.2, -0.15) is 22.2 Å². The predicted octanol–water partition coefficient (Wildman–Crippen LogP) is 13.8. The molecule has 4 heteroatoms. The van der Waals surface area contributed by atoms with Crippen LogP contribution in [0, 0.1) is 5.92 Å². The van der Waals surface area contributed by atoms with E-state index in [2.05, 4.69) is 40.0 Å². The molecule has 0 saturated carbocycles. The molecule has 0 nitrogen and oxygen atoms in total. The zero-order valence-electron chi connectivity index (χ0n) is 25.9. The van der Waals surface area contributed by atoms with Gasteiger partial charge in [0.1, 0.15) is 0 Å². The molecule has 0 bridgehead atoms. The summed E-state index contributed by atoms with van der Waals surface area (Å²) in [5, 5.41) is 0.625. The number of hydrogen-bond acceptors (Lipinski definition) is 0. The lowest BCUT2D eigenvalue weighted by atomic mass is 9.95. The van der Waals surface area contributed by atoms with Gasteiger partial charge in [-0.05, 0) is 11.1 Å². The van der Waals surface area contributed by atoms with Crippen molar-refractivity contribution >= 4 is 36.9 Å². The highest BCUT2D eigenvalue weighted by Gasteiger charge is 2.46. The Morgan fingerprint density at radius 1 is 0.389 bits per heavy atom. The minimum Gasteiger partial charge on any atom is -0.168 e. The monoisotopic (exact) mass is 578 g/mol. The van der Waals surface area contributed by atoms with Crippen molar-refractivity contribution in [2.45, 2.75) is 199 Å². The zero-order chi connectivity index (χ0) is 27.1. The summed E-state index contributed by atoms with van der Waals surface area (Å²) in [6, 6.07) is 0. The van der Waals surface area contributed by atoms with Gasteiger partial charge in [-0.1, -0.05) is 194 Å². The van der Waals surface area contributed by atoms with Crippen LogP contribution >= 0.6 is 22.2 Å². The van der Waals surface area contributed by atoms with Crippen molar-refractivity contribution in [1.29, 1.82) is 0 Å². The van der Waals surface area contributed by atoms with Crippen LogP contribution in [0.15, 0.2) is 0 Å². The van der Waals surface area contributed by atoms with Crippen LogP contribution in [0.25, 0.3) is 0 Å². The van der Waals surface area contributed by atoms with Gasteiger partial charge in [0.15, 0.2) is 14.8 Å². The fourth-order valence-corrected chi connectivity index (χ4v) is 22.5. The smallest absolute Gasteiger partial charge is 0.152 e. The van der Waals surface area contributed by atoms with Gasteiger partial charge in [0, 0.05) is 0 Å². The molecule has 0 aromatic carbocycles. The van der Waals surface area contributed by atoms with Gasteiger partial charge in [0.2, 0.25) is 0 Å². The zero-order valence-corrected chi connectivity index (χ0v) is 29.4. The highest BCUT2D eigenvalue weighted by Crippen LogP contribution is 2.46. The molecular weight excluding hydrogens is 511 g/mol. The fourth-order valence-electron chi connectivity index (χ4n) is 6.56. The highest BCUT2D eigenvalue weighted by molar-refractivity contribution is 7.33. The van der Waals surface area contributed by atoms with E-state index in [-0.39, 0.29) is 0 Å². The van der Waals surface area contributed by atoms with Gasteiger partial charge in [0.25, 0.3) is 0 Å². The highest BCUT2D eigenvalue weighted by atomic mass is 35.6. The molecule has 0 aromatic heterocycles. The summed E-state index contributed by atoms with van der Waals surface area (Å²) >= 11 is 14.3. The number of hydrogen-bond donors (Lipinski definition) is 0. The number of unbranched alkanes of at least 4 members (excludes halogenated alkanes) is 20. The Labute approximate surface area is 241 Å². The van der Waals surface area contributed by atoms with E-state index in [1.165, 1.54) is 154 Å². The predicted molar refractivity (Wildman–Crippen MR) is 176 cm³/mol. The van der Waals surface area contributed by atoms with Crippen molar-refractivity contribution in [3.63, 3.8) is 0 Å². The van der Waals surface area contributed by atoms with Crippen LogP contribution < -0.4 is 0 Å². The fraction of sp³-hybridized carbons (Fsp3) is 1.00. The molecule has 0 spiro atoms. The van der Waals surface area contributed by atoms with E-state index >= 15 is 0 Å². The van der Waals surface area contributed by atoms with Gasteiger partial charge in [-0.15, -0.1) is 0 Å². The van der Waals surface area contributed by atoms with E-state index in [1.807, 2.05) is 0 Å². The van der Waals surface area contributed by atoms with Gasteiger partial charge in [-0.25, -0.2) is 0 Å². The lowest BCUT2D eigenvalue weighted by Gasteiger charge is -2.40. The lowest BCUT2D eigenvalue weighted by Crippen LogP contribution is -2.45. The normalized spacial score (nSPS) is 13.6. The van der Waals surface area contributed by atoms with Crippen LogP contribution in [0.4, 0.5) is 0 Å². The summed E-state index contributed by atoms with van der Waals surface area (Å²) in [5.41, 5.74) is 0. The minimum absolute atomic E-state index is 0.625. The topological polar surface area (TPSA) is 0 Å². The molecule has 0 heterocycles. The molecule has 36 heavy (non-hydrogen) atoms.